The maximum Gasteiger partial charge on any atom is 0.299 e. The average molecular weight is 429 g/mol. The Kier molecular flexibility index (Phi) is 4.84. The number of hydrogen-bond acceptors (Lipinski definition) is 7. The Morgan fingerprint density at radius 2 is 2.32 bits per heavy atom. The monoisotopic (exact) mass is 427 g/mol. The van der Waals surface area contributed by atoms with Crippen molar-refractivity contribution in [2.45, 2.75) is 6.92 Å². The number of aromatic nitrogens is 4. The smallest absolute Gasteiger partial charge is 0.299 e. The fraction of sp³-hybridized carbons (Fsp3) is 0.0909. The summed E-state index contributed by atoms with van der Waals surface area (Å²) in [5, 5.41) is 36.1. The highest BCUT2D eigenvalue weighted by Crippen LogP contribution is 2.40. The molecule has 0 spiro atoms. The molecule has 0 amide bonds. The lowest BCUT2D eigenvalue weighted by molar-refractivity contribution is -0.386. The van der Waals surface area contributed by atoms with E-state index in [2.05, 4.69) is 57.8 Å². The lowest BCUT2D eigenvalue weighted by Gasteiger charge is -2.10. The van der Waals surface area contributed by atoms with E-state index in [9.17, 15) is 10.1 Å². The second kappa shape index (κ2) is 6.63. The predicted molar refractivity (Wildman–Crippen MR) is 84.6 cm³/mol. The molecule has 11 heteroatoms. The van der Waals surface area contributed by atoms with Crippen molar-refractivity contribution in [1.29, 1.82) is 5.26 Å². The first kappa shape index (κ1) is 16.1. The van der Waals surface area contributed by atoms with Crippen LogP contribution in [-0.2, 0) is 0 Å². The largest absolute Gasteiger partial charge is 0.359 e. The highest BCUT2D eigenvalue weighted by Gasteiger charge is 2.22. The number of tetrazole rings is 1. The lowest BCUT2D eigenvalue weighted by atomic mass is 10.2. The number of benzene rings is 1. The number of H-pyrrole nitrogens is 1. The minimum absolute atomic E-state index is 0.112. The van der Waals surface area contributed by atoms with Crippen LogP contribution in [0.1, 0.15) is 11.4 Å². The molecule has 0 unspecified atom stereocenters. The molecule has 0 aliphatic carbocycles. The summed E-state index contributed by atoms with van der Waals surface area (Å²) in [6.07, 6.45) is 1.36. The van der Waals surface area contributed by atoms with Crippen molar-refractivity contribution in [3.05, 3.63) is 42.7 Å². The summed E-state index contributed by atoms with van der Waals surface area (Å²) >= 11 is 6.37. The number of halogens is 2. The summed E-state index contributed by atoms with van der Waals surface area (Å²) in [5.74, 6) is 0.121. The molecule has 0 aliphatic heterocycles. The summed E-state index contributed by atoms with van der Waals surface area (Å²) in [6, 6.07) is 3.53. The normalized spacial score (nSPS) is 11.1. The maximum atomic E-state index is 11.1. The summed E-state index contributed by atoms with van der Waals surface area (Å²) in [5.41, 5.74) is 1.22. The Morgan fingerprint density at radius 3 is 2.86 bits per heavy atom. The highest BCUT2D eigenvalue weighted by molar-refractivity contribution is 9.11. The second-order valence-electron chi connectivity index (χ2n) is 4.02. The zero-order valence-electron chi connectivity index (χ0n) is 11.0. The summed E-state index contributed by atoms with van der Waals surface area (Å²) < 4.78 is 0.626. The van der Waals surface area contributed by atoms with Crippen molar-refractivity contribution in [2.24, 2.45) is 0 Å². The number of rotatable bonds is 4. The van der Waals surface area contributed by atoms with Gasteiger partial charge in [0.2, 0.25) is 5.82 Å². The Bertz CT molecular complexity index is 796. The van der Waals surface area contributed by atoms with Gasteiger partial charge in [0.1, 0.15) is 16.1 Å². The maximum absolute atomic E-state index is 11.1. The quantitative estimate of drug-likeness (QED) is 0.434. The number of hydrogen-bond donors (Lipinski definition) is 2. The van der Waals surface area contributed by atoms with Crippen molar-refractivity contribution < 1.29 is 4.92 Å². The Hall–Kier alpha value is -2.32. The number of anilines is 1. The number of allylic oxidation sites excluding steroid dienone is 1. The zero-order chi connectivity index (χ0) is 16.3. The predicted octanol–water partition coefficient (Wildman–Crippen LogP) is 2.92. The SMILES string of the molecule is Cc1cc(Br)c([N+](=O)[O-])c(Br)c1NC=C(C#N)c1nn[nH]n1. The van der Waals surface area contributed by atoms with Crippen LogP contribution >= 0.6 is 31.9 Å². The van der Waals surface area contributed by atoms with Crippen LogP contribution in [0, 0.1) is 28.4 Å². The Labute approximate surface area is 140 Å². The summed E-state index contributed by atoms with van der Waals surface area (Å²) in [6.45, 7) is 1.77. The van der Waals surface area contributed by atoms with Gasteiger partial charge in [-0.25, -0.2) is 0 Å². The molecule has 1 aromatic heterocycles. The molecule has 9 nitrogen and oxygen atoms in total. The van der Waals surface area contributed by atoms with E-state index in [1.54, 1.807) is 13.0 Å². The fourth-order valence-electron chi connectivity index (χ4n) is 1.64. The zero-order valence-corrected chi connectivity index (χ0v) is 14.1. The molecule has 0 bridgehead atoms. The average Bonchev–Trinajstić information content (AvgIpc) is 2.95. The van der Waals surface area contributed by atoms with Crippen molar-refractivity contribution in [1.82, 2.24) is 20.6 Å². The van der Waals surface area contributed by atoms with Crippen molar-refractivity contribution in [3.8, 4) is 6.07 Å². The first-order valence-electron chi connectivity index (χ1n) is 5.69. The summed E-state index contributed by atoms with van der Waals surface area (Å²) in [7, 11) is 0. The van der Waals surface area contributed by atoms with Gasteiger partial charge in [-0.1, -0.05) is 0 Å². The molecule has 0 saturated heterocycles. The molecule has 2 N–H and O–H groups in total. The summed E-state index contributed by atoms with van der Waals surface area (Å²) in [4.78, 5) is 10.6. The third-order valence-electron chi connectivity index (χ3n) is 2.64. The van der Waals surface area contributed by atoms with E-state index < -0.39 is 4.92 Å². The molecule has 2 rings (SSSR count). The van der Waals surface area contributed by atoms with E-state index in [0.29, 0.717) is 10.2 Å². The van der Waals surface area contributed by atoms with Crippen LogP contribution in [0.25, 0.3) is 5.57 Å². The number of nitro groups is 1. The molecule has 0 fully saturated rings. The van der Waals surface area contributed by atoms with E-state index in [1.165, 1.54) is 6.20 Å². The van der Waals surface area contributed by atoms with Gasteiger partial charge in [0.15, 0.2) is 0 Å². The molecular formula is C11H7Br2N7O2. The lowest BCUT2D eigenvalue weighted by Crippen LogP contribution is -2.00. The van der Waals surface area contributed by atoms with E-state index >= 15 is 0 Å². The van der Waals surface area contributed by atoms with Gasteiger partial charge in [-0.15, -0.1) is 10.2 Å². The van der Waals surface area contributed by atoms with Gasteiger partial charge < -0.3 is 5.32 Å². The molecule has 2 aromatic rings. The number of nitrogens with one attached hydrogen (secondary N) is 2. The standard InChI is InChI=1S/C11H7Br2N7O2/c1-5-2-7(12)10(20(21)22)8(13)9(5)15-4-6(3-14)11-16-18-19-17-11/h2,4,15H,1H3,(H,16,17,18,19). The van der Waals surface area contributed by atoms with Crippen molar-refractivity contribution >= 4 is 48.8 Å². The van der Waals surface area contributed by atoms with Crippen LogP contribution in [0.4, 0.5) is 11.4 Å². The van der Waals surface area contributed by atoms with E-state index in [-0.39, 0.29) is 21.6 Å². The number of nitriles is 1. The second-order valence-corrected chi connectivity index (χ2v) is 5.67. The topological polar surface area (TPSA) is 133 Å². The molecule has 0 saturated carbocycles. The van der Waals surface area contributed by atoms with Gasteiger partial charge >= 0.3 is 0 Å². The highest BCUT2D eigenvalue weighted by atomic mass is 79.9. The number of aromatic amines is 1. The van der Waals surface area contributed by atoms with Crippen LogP contribution in [0.2, 0.25) is 0 Å². The number of nitrogens with zero attached hydrogens (tertiary/aromatic N) is 5. The van der Waals surface area contributed by atoms with E-state index in [1.807, 2.05) is 6.07 Å². The molecule has 22 heavy (non-hydrogen) atoms. The first-order chi connectivity index (χ1) is 10.5. The minimum atomic E-state index is -0.507. The van der Waals surface area contributed by atoms with Crippen LogP contribution in [0.5, 0.6) is 0 Å². The molecule has 0 radical (unpaired) electrons. The van der Waals surface area contributed by atoms with Gasteiger partial charge in [0.05, 0.1) is 15.1 Å². The third kappa shape index (κ3) is 3.12. The molecule has 1 aromatic carbocycles. The van der Waals surface area contributed by atoms with Gasteiger partial charge in [0.25, 0.3) is 5.69 Å². The van der Waals surface area contributed by atoms with Gasteiger partial charge in [-0.2, -0.15) is 10.5 Å². The van der Waals surface area contributed by atoms with Crippen LogP contribution in [0.15, 0.2) is 21.2 Å². The van der Waals surface area contributed by atoms with Gasteiger partial charge in [-0.05, 0) is 55.6 Å². The van der Waals surface area contributed by atoms with Crippen LogP contribution < -0.4 is 5.32 Å². The van der Waals surface area contributed by atoms with Crippen molar-refractivity contribution in [2.75, 3.05) is 5.32 Å². The van der Waals surface area contributed by atoms with E-state index in [0.717, 1.165) is 5.56 Å². The van der Waals surface area contributed by atoms with Crippen LogP contribution in [-0.4, -0.2) is 25.5 Å². The number of aryl methyl sites for hydroxylation is 1. The molecule has 0 aliphatic rings. The van der Waals surface area contributed by atoms with E-state index in [4.69, 9.17) is 5.26 Å². The van der Waals surface area contributed by atoms with Gasteiger partial charge in [-0.3, -0.25) is 10.1 Å². The van der Waals surface area contributed by atoms with Crippen molar-refractivity contribution in [3.63, 3.8) is 0 Å². The fourth-order valence-corrected chi connectivity index (χ4v) is 3.38. The third-order valence-corrected chi connectivity index (χ3v) is 4.02. The minimum Gasteiger partial charge on any atom is -0.359 e. The molecule has 1 heterocycles. The Balaban J connectivity index is 2.44. The number of nitro benzene ring substituents is 1. The molecular weight excluding hydrogens is 422 g/mol. The van der Waals surface area contributed by atoms with Gasteiger partial charge in [0, 0.05) is 6.20 Å². The van der Waals surface area contributed by atoms with Crippen LogP contribution in [0.3, 0.4) is 0 Å². The molecule has 112 valence electrons. The first-order valence-corrected chi connectivity index (χ1v) is 7.28. The molecule has 0 atom stereocenters. The Morgan fingerprint density at radius 1 is 1.59 bits per heavy atom.